The van der Waals surface area contributed by atoms with E-state index in [1.165, 1.54) is 6.21 Å². The maximum atomic E-state index is 7.44. The number of hydrogen-bond donors (Lipinski definition) is 4. The molecule has 0 saturated heterocycles. The van der Waals surface area contributed by atoms with E-state index >= 15 is 0 Å². The SMILES string of the molecule is CC(C)C(C=N)=CC(N)=NC1=CC=C2NC=C(c3cncs3)C=C2N1. The first-order valence-corrected chi connectivity index (χ1v) is 8.77. The second kappa shape index (κ2) is 7.31. The van der Waals surface area contributed by atoms with Gasteiger partial charge in [0, 0.05) is 24.2 Å². The summed E-state index contributed by atoms with van der Waals surface area (Å²) in [7, 11) is 0. The van der Waals surface area contributed by atoms with Crippen LogP contribution in [0.2, 0.25) is 0 Å². The van der Waals surface area contributed by atoms with Gasteiger partial charge in [0.2, 0.25) is 0 Å². The third-order valence-corrected chi connectivity index (χ3v) is 4.58. The van der Waals surface area contributed by atoms with Crippen LogP contribution in [0.1, 0.15) is 18.7 Å². The number of thiazole rings is 1. The van der Waals surface area contributed by atoms with Crippen molar-refractivity contribution in [3.05, 3.63) is 69.9 Å². The molecule has 0 saturated carbocycles. The van der Waals surface area contributed by atoms with Crippen molar-refractivity contribution in [1.82, 2.24) is 15.6 Å². The third kappa shape index (κ3) is 3.95. The van der Waals surface area contributed by atoms with E-state index in [1.54, 1.807) is 17.4 Å². The minimum Gasteiger partial charge on any atom is -0.384 e. The van der Waals surface area contributed by atoms with Gasteiger partial charge >= 0.3 is 0 Å². The molecule has 2 aliphatic heterocycles. The van der Waals surface area contributed by atoms with Gasteiger partial charge in [-0.15, -0.1) is 11.3 Å². The molecule has 7 heteroatoms. The number of nitrogens with one attached hydrogen (secondary N) is 3. The van der Waals surface area contributed by atoms with Crippen molar-refractivity contribution in [2.75, 3.05) is 0 Å². The Morgan fingerprint density at radius 2 is 2.20 bits per heavy atom. The average Bonchev–Trinajstić information content (AvgIpc) is 3.13. The highest BCUT2D eigenvalue weighted by molar-refractivity contribution is 7.10. The van der Waals surface area contributed by atoms with Gasteiger partial charge in [0.1, 0.15) is 11.7 Å². The number of fused-ring (bicyclic) bond motifs is 1. The number of dihydropyridines is 2. The van der Waals surface area contributed by atoms with Gasteiger partial charge < -0.3 is 21.8 Å². The molecule has 0 aliphatic carbocycles. The van der Waals surface area contributed by atoms with Gasteiger partial charge in [-0.1, -0.05) is 13.8 Å². The zero-order valence-electron chi connectivity index (χ0n) is 14.1. The van der Waals surface area contributed by atoms with Crippen LogP contribution in [0.5, 0.6) is 0 Å². The topological polar surface area (TPSA) is 99.2 Å². The first kappa shape index (κ1) is 16.9. The number of nitrogens with zero attached hydrogens (tertiary/aromatic N) is 2. The molecule has 1 aromatic rings. The van der Waals surface area contributed by atoms with Gasteiger partial charge in [-0.2, -0.15) is 0 Å². The van der Waals surface area contributed by atoms with Crippen LogP contribution in [0.4, 0.5) is 0 Å². The fourth-order valence-corrected chi connectivity index (χ4v) is 2.99. The van der Waals surface area contributed by atoms with Crippen molar-refractivity contribution >= 4 is 29.0 Å². The highest BCUT2D eigenvalue weighted by Gasteiger charge is 2.16. The molecule has 6 nitrogen and oxygen atoms in total. The van der Waals surface area contributed by atoms with Crippen LogP contribution in [0.3, 0.4) is 0 Å². The molecule has 0 aromatic carbocycles. The van der Waals surface area contributed by atoms with Gasteiger partial charge in [0.05, 0.1) is 21.8 Å². The molecule has 3 heterocycles. The average molecular weight is 352 g/mol. The second-order valence-corrected chi connectivity index (χ2v) is 6.79. The van der Waals surface area contributed by atoms with Crippen molar-refractivity contribution in [2.45, 2.75) is 13.8 Å². The molecule has 128 valence electrons. The summed E-state index contributed by atoms with van der Waals surface area (Å²) < 4.78 is 0. The summed E-state index contributed by atoms with van der Waals surface area (Å²) >= 11 is 1.59. The molecule has 0 radical (unpaired) electrons. The van der Waals surface area contributed by atoms with Crippen LogP contribution in [0, 0.1) is 11.3 Å². The van der Waals surface area contributed by atoms with Crippen LogP contribution in [-0.2, 0) is 0 Å². The van der Waals surface area contributed by atoms with E-state index in [1.807, 2.05) is 43.9 Å². The third-order valence-electron chi connectivity index (χ3n) is 3.76. The zero-order chi connectivity index (χ0) is 17.8. The highest BCUT2D eigenvalue weighted by atomic mass is 32.1. The monoisotopic (exact) mass is 352 g/mol. The summed E-state index contributed by atoms with van der Waals surface area (Å²) in [5.41, 5.74) is 11.6. The lowest BCUT2D eigenvalue weighted by Gasteiger charge is -2.22. The molecule has 0 fully saturated rings. The van der Waals surface area contributed by atoms with Crippen molar-refractivity contribution < 1.29 is 0 Å². The largest absolute Gasteiger partial charge is 0.384 e. The normalized spacial score (nSPS) is 17.6. The molecule has 0 amide bonds. The van der Waals surface area contributed by atoms with Gasteiger partial charge in [0.15, 0.2) is 0 Å². The van der Waals surface area contributed by atoms with Gasteiger partial charge in [0.25, 0.3) is 0 Å². The zero-order valence-corrected chi connectivity index (χ0v) is 14.9. The molecular weight excluding hydrogens is 332 g/mol. The van der Waals surface area contributed by atoms with Gasteiger partial charge in [-0.3, -0.25) is 4.98 Å². The summed E-state index contributed by atoms with van der Waals surface area (Å²) in [5.74, 6) is 1.25. The molecule has 5 N–H and O–H groups in total. The molecule has 0 spiro atoms. The lowest BCUT2D eigenvalue weighted by molar-refractivity contribution is 0.806. The summed E-state index contributed by atoms with van der Waals surface area (Å²) in [6.07, 6.45) is 12.7. The first-order chi connectivity index (χ1) is 12.1. The summed E-state index contributed by atoms with van der Waals surface area (Å²) in [5, 5.41) is 14.0. The fraction of sp³-hybridized carbons (Fsp3) is 0.167. The molecule has 1 aromatic heterocycles. The predicted molar refractivity (Wildman–Crippen MR) is 104 cm³/mol. The lowest BCUT2D eigenvalue weighted by Crippen LogP contribution is -2.26. The van der Waals surface area contributed by atoms with Crippen LogP contribution in [-0.4, -0.2) is 17.0 Å². The Morgan fingerprint density at radius 1 is 1.36 bits per heavy atom. The minimum absolute atomic E-state index is 0.225. The Morgan fingerprint density at radius 3 is 2.88 bits per heavy atom. The second-order valence-electron chi connectivity index (χ2n) is 5.91. The molecular formula is C18H20N6S. The minimum atomic E-state index is 0.225. The predicted octanol–water partition coefficient (Wildman–Crippen LogP) is 2.89. The Bertz CT molecular complexity index is 850. The Kier molecular flexibility index (Phi) is 4.95. The van der Waals surface area contributed by atoms with Gasteiger partial charge in [-0.25, -0.2) is 4.99 Å². The number of nitrogens with two attached hydrogens (primary N) is 1. The Labute approximate surface area is 150 Å². The Hall–Kier alpha value is -2.93. The van der Waals surface area contributed by atoms with Crippen LogP contribution < -0.4 is 16.4 Å². The van der Waals surface area contributed by atoms with E-state index in [4.69, 9.17) is 11.1 Å². The molecule has 2 aliphatic rings. The van der Waals surface area contributed by atoms with Crippen molar-refractivity contribution in [1.29, 1.82) is 5.41 Å². The van der Waals surface area contributed by atoms with E-state index in [2.05, 4.69) is 26.7 Å². The van der Waals surface area contributed by atoms with Gasteiger partial charge in [-0.05, 0) is 35.8 Å². The molecule has 0 unspecified atom stereocenters. The van der Waals surface area contributed by atoms with Crippen molar-refractivity contribution in [3.63, 3.8) is 0 Å². The lowest BCUT2D eigenvalue weighted by atomic mass is 10.0. The van der Waals surface area contributed by atoms with E-state index in [-0.39, 0.29) is 5.92 Å². The van der Waals surface area contributed by atoms with Crippen LogP contribution >= 0.6 is 11.3 Å². The smallest absolute Gasteiger partial charge is 0.132 e. The van der Waals surface area contributed by atoms with Crippen LogP contribution in [0.15, 0.2) is 70.0 Å². The standard InChI is InChI=1S/C18H20N6S/c1-11(2)12(7-19)6-17(20)24-18-4-3-14-15(23-18)5-13(8-22-14)16-9-21-10-25-16/h3-11,19,22-23H,1-2H3,(H2,20,24). The van der Waals surface area contributed by atoms with E-state index in [0.717, 1.165) is 27.4 Å². The van der Waals surface area contributed by atoms with Crippen molar-refractivity contribution in [3.8, 4) is 0 Å². The first-order valence-electron chi connectivity index (χ1n) is 7.89. The molecule has 25 heavy (non-hydrogen) atoms. The Balaban J connectivity index is 1.80. The molecule has 0 atom stereocenters. The number of hydrogen-bond acceptors (Lipinski definition) is 6. The number of aliphatic imine (C=N–C) groups is 1. The maximum absolute atomic E-state index is 7.44. The number of amidine groups is 1. The summed E-state index contributed by atoms with van der Waals surface area (Å²) in [4.78, 5) is 9.62. The molecule has 3 rings (SSSR count). The van der Waals surface area contributed by atoms with Crippen molar-refractivity contribution in [2.24, 2.45) is 16.6 Å². The fourth-order valence-electron chi connectivity index (χ4n) is 2.37. The number of aromatic nitrogens is 1. The maximum Gasteiger partial charge on any atom is 0.132 e. The summed E-state index contributed by atoms with van der Waals surface area (Å²) in [6, 6.07) is 0. The summed E-state index contributed by atoms with van der Waals surface area (Å²) in [6.45, 7) is 4.03. The number of allylic oxidation sites excluding steroid dienone is 5. The van der Waals surface area contributed by atoms with E-state index < -0.39 is 0 Å². The van der Waals surface area contributed by atoms with Crippen LogP contribution in [0.25, 0.3) is 5.57 Å². The quantitative estimate of drug-likeness (QED) is 0.484. The van der Waals surface area contributed by atoms with E-state index in [0.29, 0.717) is 11.7 Å². The number of rotatable bonds is 5. The highest BCUT2D eigenvalue weighted by Crippen LogP contribution is 2.26. The van der Waals surface area contributed by atoms with E-state index in [9.17, 15) is 0 Å². The molecule has 0 bridgehead atoms.